The fraction of sp³-hybridized carbons (Fsp3) is 0.222. The van der Waals surface area contributed by atoms with Gasteiger partial charge in [0.15, 0.2) is 0 Å². The summed E-state index contributed by atoms with van der Waals surface area (Å²) < 4.78 is 28.0. The lowest BCUT2D eigenvalue weighted by molar-refractivity contribution is -0.0500. The van der Waals surface area contributed by atoms with E-state index in [9.17, 15) is 8.78 Å². The van der Waals surface area contributed by atoms with Crippen molar-refractivity contribution in [2.45, 2.75) is 13.5 Å². The number of rotatable bonds is 2. The molecule has 2 N–H and O–H groups in total. The topological polar surface area (TPSA) is 59.0 Å². The molecule has 0 aliphatic carbocycles. The first-order chi connectivity index (χ1) is 6.54. The fourth-order valence-electron chi connectivity index (χ4n) is 0.979. The van der Waals surface area contributed by atoms with Gasteiger partial charge in [0.05, 0.1) is 5.56 Å². The number of nitrogens with two attached hydrogens (primary N) is 1. The van der Waals surface area contributed by atoms with Crippen molar-refractivity contribution >= 4 is 5.69 Å². The Labute approximate surface area is 79.7 Å². The second kappa shape index (κ2) is 3.92. The Kier molecular flexibility index (Phi) is 2.87. The monoisotopic (exact) mass is 198 g/mol. The molecule has 0 aliphatic heterocycles. The van der Waals surface area contributed by atoms with Crippen LogP contribution in [0.15, 0.2) is 12.1 Å². The zero-order valence-corrected chi connectivity index (χ0v) is 7.42. The third kappa shape index (κ3) is 2.10. The van der Waals surface area contributed by atoms with Crippen LogP contribution < -0.4 is 10.5 Å². The average Bonchev–Trinajstić information content (AvgIpc) is 2.10. The van der Waals surface area contributed by atoms with Crippen molar-refractivity contribution in [2.75, 3.05) is 5.73 Å². The van der Waals surface area contributed by atoms with Gasteiger partial charge >= 0.3 is 6.61 Å². The molecule has 0 unspecified atom stereocenters. The maximum Gasteiger partial charge on any atom is 0.387 e. The minimum Gasteiger partial charge on any atom is -0.433 e. The fourth-order valence-corrected chi connectivity index (χ4v) is 0.979. The highest BCUT2D eigenvalue weighted by Crippen LogP contribution is 2.25. The predicted octanol–water partition coefficient (Wildman–Crippen LogP) is 2.05. The minimum atomic E-state index is -2.94. The van der Waals surface area contributed by atoms with Crippen LogP contribution in [0.5, 0.6) is 5.75 Å². The summed E-state index contributed by atoms with van der Waals surface area (Å²) >= 11 is 0. The number of hydrogen-bond donors (Lipinski definition) is 1. The molecule has 0 amide bonds. The van der Waals surface area contributed by atoms with Crippen molar-refractivity contribution in [3.05, 3.63) is 23.3 Å². The number of halogens is 2. The highest BCUT2D eigenvalue weighted by atomic mass is 19.3. The van der Waals surface area contributed by atoms with Crippen molar-refractivity contribution in [3.63, 3.8) is 0 Å². The lowest BCUT2D eigenvalue weighted by Gasteiger charge is -2.08. The quantitative estimate of drug-likeness (QED) is 0.740. The van der Waals surface area contributed by atoms with Gasteiger partial charge in [-0.1, -0.05) is 0 Å². The number of benzene rings is 1. The molecular weight excluding hydrogens is 190 g/mol. The lowest BCUT2D eigenvalue weighted by Crippen LogP contribution is -2.04. The van der Waals surface area contributed by atoms with Crippen molar-refractivity contribution < 1.29 is 13.5 Å². The standard InChI is InChI=1S/C9H8F2N2O/c1-5-2-8(14-9(10)11)6(4-12)3-7(5)13/h2-3,9H,13H2,1H3. The number of hydrogen-bond acceptors (Lipinski definition) is 3. The number of nitrogens with zero attached hydrogens (tertiary/aromatic N) is 1. The van der Waals surface area contributed by atoms with Gasteiger partial charge < -0.3 is 10.5 Å². The summed E-state index contributed by atoms with van der Waals surface area (Å²) in [7, 11) is 0. The van der Waals surface area contributed by atoms with Crippen LogP contribution in [-0.2, 0) is 0 Å². The summed E-state index contributed by atoms with van der Waals surface area (Å²) in [5.74, 6) is -0.144. The van der Waals surface area contributed by atoms with E-state index in [-0.39, 0.29) is 11.3 Å². The van der Waals surface area contributed by atoms with E-state index in [4.69, 9.17) is 11.0 Å². The van der Waals surface area contributed by atoms with Crippen LogP contribution >= 0.6 is 0 Å². The molecule has 0 aromatic heterocycles. The van der Waals surface area contributed by atoms with E-state index in [1.54, 1.807) is 13.0 Å². The van der Waals surface area contributed by atoms with Gasteiger partial charge in [0, 0.05) is 5.69 Å². The van der Waals surface area contributed by atoms with Crippen LogP contribution in [0.25, 0.3) is 0 Å². The molecule has 0 heterocycles. The van der Waals surface area contributed by atoms with Gasteiger partial charge in [0.25, 0.3) is 0 Å². The van der Waals surface area contributed by atoms with Crippen molar-refractivity contribution in [1.82, 2.24) is 0 Å². The Bertz CT molecular complexity index is 385. The molecule has 14 heavy (non-hydrogen) atoms. The Morgan fingerprint density at radius 2 is 2.14 bits per heavy atom. The van der Waals surface area contributed by atoms with Crippen LogP contribution in [-0.4, -0.2) is 6.61 Å². The SMILES string of the molecule is Cc1cc(OC(F)F)c(C#N)cc1N. The summed E-state index contributed by atoms with van der Waals surface area (Å²) in [5, 5.41) is 8.62. The molecule has 74 valence electrons. The van der Waals surface area contributed by atoms with Crippen LogP contribution in [0, 0.1) is 18.3 Å². The largest absolute Gasteiger partial charge is 0.433 e. The Morgan fingerprint density at radius 3 is 2.64 bits per heavy atom. The van der Waals surface area contributed by atoms with E-state index in [2.05, 4.69) is 4.74 Å². The molecule has 0 fully saturated rings. The van der Waals surface area contributed by atoms with Gasteiger partial charge in [-0.25, -0.2) is 0 Å². The van der Waals surface area contributed by atoms with E-state index in [1.165, 1.54) is 12.1 Å². The summed E-state index contributed by atoms with van der Waals surface area (Å²) in [6.07, 6.45) is 0. The zero-order chi connectivity index (χ0) is 10.7. The van der Waals surface area contributed by atoms with E-state index in [1.807, 2.05) is 0 Å². The molecule has 5 heteroatoms. The zero-order valence-electron chi connectivity index (χ0n) is 7.42. The number of aryl methyl sites for hydroxylation is 1. The molecule has 0 aliphatic rings. The van der Waals surface area contributed by atoms with Crippen LogP contribution in [0.3, 0.4) is 0 Å². The first-order valence-electron chi connectivity index (χ1n) is 3.79. The van der Waals surface area contributed by atoms with Crippen LogP contribution in [0.4, 0.5) is 14.5 Å². The Morgan fingerprint density at radius 1 is 1.50 bits per heavy atom. The molecule has 0 spiro atoms. The van der Waals surface area contributed by atoms with Crippen LogP contribution in [0.2, 0.25) is 0 Å². The van der Waals surface area contributed by atoms with E-state index >= 15 is 0 Å². The number of alkyl halides is 2. The minimum absolute atomic E-state index is 0.00778. The van der Waals surface area contributed by atoms with Gasteiger partial charge in [-0.05, 0) is 24.6 Å². The maximum absolute atomic E-state index is 11.9. The maximum atomic E-state index is 11.9. The molecule has 0 radical (unpaired) electrons. The molecule has 0 saturated carbocycles. The van der Waals surface area contributed by atoms with Gasteiger partial charge in [-0.2, -0.15) is 14.0 Å². The predicted molar refractivity (Wildman–Crippen MR) is 46.9 cm³/mol. The average molecular weight is 198 g/mol. The molecule has 1 aromatic rings. The third-order valence-electron chi connectivity index (χ3n) is 1.70. The summed E-state index contributed by atoms with van der Waals surface area (Å²) in [5.41, 5.74) is 6.48. The molecular formula is C9H8F2N2O. The van der Waals surface area contributed by atoms with Gasteiger partial charge in [-0.15, -0.1) is 0 Å². The van der Waals surface area contributed by atoms with Gasteiger partial charge in [0.2, 0.25) is 0 Å². The van der Waals surface area contributed by atoms with Crippen LogP contribution in [0.1, 0.15) is 11.1 Å². The number of ether oxygens (including phenoxy) is 1. The summed E-state index contributed by atoms with van der Waals surface area (Å²) in [6, 6.07) is 4.36. The number of nitriles is 1. The first kappa shape index (κ1) is 10.3. The summed E-state index contributed by atoms with van der Waals surface area (Å²) in [4.78, 5) is 0. The second-order valence-corrected chi connectivity index (χ2v) is 2.70. The van der Waals surface area contributed by atoms with Gasteiger partial charge in [-0.3, -0.25) is 0 Å². The van der Waals surface area contributed by atoms with Crippen molar-refractivity contribution in [2.24, 2.45) is 0 Å². The molecule has 3 nitrogen and oxygen atoms in total. The number of anilines is 1. The molecule has 0 saturated heterocycles. The second-order valence-electron chi connectivity index (χ2n) is 2.70. The van der Waals surface area contributed by atoms with Crippen molar-refractivity contribution in [1.29, 1.82) is 5.26 Å². The Hall–Kier alpha value is -1.83. The van der Waals surface area contributed by atoms with E-state index in [0.717, 1.165) is 0 Å². The molecule has 1 rings (SSSR count). The Balaban J connectivity index is 3.15. The highest BCUT2D eigenvalue weighted by molar-refractivity contribution is 5.57. The smallest absolute Gasteiger partial charge is 0.387 e. The molecule has 0 atom stereocenters. The van der Waals surface area contributed by atoms with E-state index in [0.29, 0.717) is 11.3 Å². The summed E-state index contributed by atoms with van der Waals surface area (Å²) in [6.45, 7) is -1.29. The van der Waals surface area contributed by atoms with Crippen molar-refractivity contribution in [3.8, 4) is 11.8 Å². The first-order valence-corrected chi connectivity index (χ1v) is 3.79. The third-order valence-corrected chi connectivity index (χ3v) is 1.70. The highest BCUT2D eigenvalue weighted by Gasteiger charge is 2.11. The van der Waals surface area contributed by atoms with E-state index < -0.39 is 6.61 Å². The number of nitrogen functional groups attached to an aromatic ring is 1. The molecule has 0 bridgehead atoms. The lowest BCUT2D eigenvalue weighted by atomic mass is 10.1. The van der Waals surface area contributed by atoms with Gasteiger partial charge in [0.1, 0.15) is 11.8 Å². The normalized spacial score (nSPS) is 9.93. The molecule has 1 aromatic carbocycles.